The molecule has 1 aliphatic heterocycles. The first kappa shape index (κ1) is 28.2. The molecule has 0 radical (unpaired) electrons. The van der Waals surface area contributed by atoms with E-state index in [2.05, 4.69) is 148 Å². The lowest BCUT2D eigenvalue weighted by Gasteiger charge is -2.32. The highest BCUT2D eigenvalue weighted by Crippen LogP contribution is 2.44. The van der Waals surface area contributed by atoms with Crippen LogP contribution in [0.4, 0.5) is 0 Å². The molecule has 0 unspecified atom stereocenters. The van der Waals surface area contributed by atoms with Gasteiger partial charge in [0.05, 0.1) is 22.2 Å². The summed E-state index contributed by atoms with van der Waals surface area (Å²) in [7, 11) is -0.492. The Hall–Kier alpha value is -4.88. The van der Waals surface area contributed by atoms with Gasteiger partial charge in [0, 0.05) is 52.9 Å². The highest BCUT2D eigenvalue weighted by atomic mass is 32.1. The van der Waals surface area contributed by atoms with Crippen LogP contribution in [0.3, 0.4) is 0 Å². The van der Waals surface area contributed by atoms with Gasteiger partial charge in [-0.15, -0.1) is 11.3 Å². The Kier molecular flexibility index (Phi) is 5.77. The minimum absolute atomic E-state index is 0.452. The van der Waals surface area contributed by atoms with Crippen LogP contribution in [0.15, 0.2) is 126 Å². The van der Waals surface area contributed by atoms with Gasteiger partial charge in [-0.2, -0.15) is 0 Å². The standard InChI is InChI=1S/C42H32BNO3S/c1-41(2)42(3,4)47-43(46-41)33-24-26(23-32-38-37(48-40(32)33)22-21-31-30-13-7-10-16-36(30)45-39(31)38)25-17-19-27(20-18-25)44-34-14-8-5-11-28(34)29-12-6-9-15-35(29)44/h5-24H,1-4H3. The number of hydrogen-bond acceptors (Lipinski definition) is 4. The van der Waals surface area contributed by atoms with Gasteiger partial charge in [-0.05, 0) is 87.4 Å². The maximum Gasteiger partial charge on any atom is 0.496 e. The quantitative estimate of drug-likeness (QED) is 0.180. The number of para-hydroxylation sites is 3. The Morgan fingerprint density at radius 2 is 1.21 bits per heavy atom. The summed E-state index contributed by atoms with van der Waals surface area (Å²) in [4.78, 5) is 0. The number of thiophene rings is 1. The van der Waals surface area contributed by atoms with Gasteiger partial charge in [0.25, 0.3) is 0 Å². The molecule has 0 bridgehead atoms. The summed E-state index contributed by atoms with van der Waals surface area (Å²) >= 11 is 1.78. The zero-order chi connectivity index (χ0) is 32.4. The largest absolute Gasteiger partial charge is 0.496 e. The molecule has 1 aliphatic rings. The molecule has 0 amide bonds. The maximum absolute atomic E-state index is 6.69. The van der Waals surface area contributed by atoms with Gasteiger partial charge in [-0.25, -0.2) is 0 Å². The van der Waals surface area contributed by atoms with Gasteiger partial charge in [0.1, 0.15) is 11.2 Å². The summed E-state index contributed by atoms with van der Waals surface area (Å²) in [6.45, 7) is 8.46. The van der Waals surface area contributed by atoms with Crippen LogP contribution in [0.2, 0.25) is 0 Å². The van der Waals surface area contributed by atoms with Crippen LogP contribution in [0.25, 0.3) is 80.7 Å². The monoisotopic (exact) mass is 641 g/mol. The number of rotatable bonds is 3. The molecular weight excluding hydrogens is 609 g/mol. The van der Waals surface area contributed by atoms with E-state index in [1.165, 1.54) is 31.2 Å². The van der Waals surface area contributed by atoms with Crippen molar-refractivity contribution in [1.29, 1.82) is 0 Å². The first-order valence-corrected chi connectivity index (χ1v) is 17.3. The van der Waals surface area contributed by atoms with Crippen LogP contribution >= 0.6 is 11.3 Å². The Labute approximate surface area is 282 Å². The van der Waals surface area contributed by atoms with Gasteiger partial charge in [-0.3, -0.25) is 0 Å². The molecule has 0 aliphatic carbocycles. The Bertz CT molecular complexity index is 2680. The number of benzene rings is 6. The van der Waals surface area contributed by atoms with Crippen molar-refractivity contribution in [3.63, 3.8) is 0 Å². The minimum atomic E-state index is -0.492. The lowest BCUT2D eigenvalue weighted by molar-refractivity contribution is 0.00578. The van der Waals surface area contributed by atoms with Crippen LogP contribution < -0.4 is 5.46 Å². The predicted molar refractivity (Wildman–Crippen MR) is 202 cm³/mol. The van der Waals surface area contributed by atoms with Gasteiger partial charge in [0.2, 0.25) is 0 Å². The van der Waals surface area contributed by atoms with Crippen molar-refractivity contribution in [2.45, 2.75) is 38.9 Å². The van der Waals surface area contributed by atoms with Crippen LogP contribution in [-0.4, -0.2) is 22.9 Å². The second-order valence-corrected chi connectivity index (χ2v) is 15.0. The van der Waals surface area contributed by atoms with Crippen LogP contribution in [0.5, 0.6) is 0 Å². The summed E-state index contributed by atoms with van der Waals surface area (Å²) in [6.07, 6.45) is 0. The van der Waals surface area contributed by atoms with Gasteiger partial charge < -0.3 is 18.3 Å². The highest BCUT2D eigenvalue weighted by Gasteiger charge is 2.52. The SMILES string of the molecule is CC1(C)OB(c2cc(-c3ccc(-n4c5ccccc5c5ccccc54)cc3)cc3c2sc2ccc4c5ccccc5oc4c23)OC1(C)C. The highest BCUT2D eigenvalue weighted by molar-refractivity contribution is 7.27. The van der Waals surface area contributed by atoms with E-state index in [0.29, 0.717) is 0 Å². The third-order valence-corrected chi connectivity index (χ3v) is 11.9. The minimum Gasteiger partial charge on any atom is -0.455 e. The van der Waals surface area contributed by atoms with Crippen molar-refractivity contribution in [2.75, 3.05) is 0 Å². The van der Waals surface area contributed by atoms with Gasteiger partial charge in [0.15, 0.2) is 0 Å². The lowest BCUT2D eigenvalue weighted by Crippen LogP contribution is -2.41. The van der Waals surface area contributed by atoms with Crippen molar-refractivity contribution in [3.8, 4) is 16.8 Å². The molecular formula is C42H32BNO3S. The summed E-state index contributed by atoms with van der Waals surface area (Å²) < 4.78 is 24.7. The van der Waals surface area contributed by atoms with Crippen LogP contribution in [0.1, 0.15) is 27.7 Å². The molecule has 10 rings (SSSR count). The van der Waals surface area contributed by atoms with Crippen LogP contribution in [-0.2, 0) is 9.31 Å². The van der Waals surface area contributed by atoms with E-state index in [-0.39, 0.29) is 0 Å². The Balaban J connectivity index is 1.20. The summed E-state index contributed by atoms with van der Waals surface area (Å²) in [6, 6.07) is 43.5. The van der Waals surface area contributed by atoms with Crippen LogP contribution in [0, 0.1) is 0 Å². The van der Waals surface area contributed by atoms with E-state index in [1.54, 1.807) is 11.3 Å². The molecule has 48 heavy (non-hydrogen) atoms. The van der Waals surface area contributed by atoms with Crippen molar-refractivity contribution in [3.05, 3.63) is 121 Å². The molecule has 3 aromatic heterocycles. The number of aromatic nitrogens is 1. The molecule has 0 N–H and O–H groups in total. The summed E-state index contributed by atoms with van der Waals surface area (Å²) in [5.41, 5.74) is 7.78. The van der Waals surface area contributed by atoms with Gasteiger partial charge >= 0.3 is 7.12 Å². The molecule has 0 atom stereocenters. The van der Waals surface area contributed by atoms with Gasteiger partial charge in [-0.1, -0.05) is 72.8 Å². The molecule has 232 valence electrons. The molecule has 1 saturated heterocycles. The van der Waals surface area contributed by atoms with E-state index < -0.39 is 18.3 Å². The predicted octanol–water partition coefficient (Wildman–Crippen LogP) is 11.0. The van der Waals surface area contributed by atoms with Crippen molar-refractivity contribution in [2.24, 2.45) is 0 Å². The number of fused-ring (bicyclic) bond motifs is 10. The van der Waals surface area contributed by atoms with E-state index >= 15 is 0 Å². The average molecular weight is 642 g/mol. The average Bonchev–Trinajstić information content (AvgIpc) is 3.81. The lowest BCUT2D eigenvalue weighted by atomic mass is 9.77. The Morgan fingerprint density at radius 3 is 1.90 bits per heavy atom. The van der Waals surface area contributed by atoms with E-state index in [9.17, 15) is 0 Å². The summed E-state index contributed by atoms with van der Waals surface area (Å²) in [5, 5.41) is 7.10. The van der Waals surface area contributed by atoms with Crippen molar-refractivity contribution < 1.29 is 13.7 Å². The molecule has 1 fully saturated rings. The van der Waals surface area contributed by atoms with E-state index in [0.717, 1.165) is 55.0 Å². The Morgan fingerprint density at radius 1 is 0.583 bits per heavy atom. The zero-order valence-corrected chi connectivity index (χ0v) is 28.0. The molecule has 0 saturated carbocycles. The fraction of sp³-hybridized carbons (Fsp3) is 0.143. The molecule has 4 nitrogen and oxygen atoms in total. The number of hydrogen-bond donors (Lipinski definition) is 0. The molecule has 0 spiro atoms. The second kappa shape index (κ2) is 9.83. The molecule has 6 aromatic carbocycles. The molecule has 9 aromatic rings. The smallest absolute Gasteiger partial charge is 0.455 e. The first-order valence-electron chi connectivity index (χ1n) is 16.5. The maximum atomic E-state index is 6.69. The third-order valence-electron chi connectivity index (χ3n) is 10.7. The fourth-order valence-corrected chi connectivity index (χ4v) is 8.69. The topological polar surface area (TPSA) is 36.5 Å². The van der Waals surface area contributed by atoms with E-state index in [4.69, 9.17) is 13.7 Å². The second-order valence-electron chi connectivity index (χ2n) is 14.0. The third kappa shape index (κ3) is 3.91. The number of furan rings is 1. The zero-order valence-electron chi connectivity index (χ0n) is 27.2. The molecule has 6 heteroatoms. The van der Waals surface area contributed by atoms with Crippen molar-refractivity contribution in [1.82, 2.24) is 4.57 Å². The summed E-state index contributed by atoms with van der Waals surface area (Å²) in [5.74, 6) is 0. The normalized spacial score (nSPS) is 16.0. The fourth-order valence-electron chi connectivity index (χ4n) is 7.49. The molecule has 4 heterocycles. The van der Waals surface area contributed by atoms with E-state index in [1.807, 2.05) is 6.07 Å². The van der Waals surface area contributed by atoms with Crippen molar-refractivity contribution >= 4 is 87.8 Å². The number of nitrogens with zero attached hydrogens (tertiary/aromatic N) is 1. The first-order chi connectivity index (χ1) is 23.3.